The Morgan fingerprint density at radius 3 is 0.919 bits per heavy atom. The summed E-state index contributed by atoms with van der Waals surface area (Å²) in [7, 11) is 1.72. The third-order valence-electron chi connectivity index (χ3n) is 18.8. The number of nitrogens with zero attached hydrogens (tertiary/aromatic N) is 4. The molecule has 8 aromatic carbocycles. The highest BCUT2D eigenvalue weighted by Crippen LogP contribution is 2.42. The molecule has 6 heteroatoms. The zero-order valence-electron chi connectivity index (χ0n) is 61.7. The average Bonchev–Trinajstić information content (AvgIpc) is 0.783. The largest absolute Gasteiger partial charge is 0.507 e. The Labute approximate surface area is 590 Å². The standard InChI is InChI=1S/C47H50N2O.C46H48N2O/c1-45(2,3)37-20-18-31(19-21-37)32-22-23-48-41(27-32)33-14-13-15-34(24-33)42-28-36(29-43(49-42)40-16-11-12-17-44(40)50-10)35-25-38(46(4,5)6)30-39(26-35)47(7,8)9;1-44(2,3)36-19-17-30(18-20-36)31-21-22-47-40(26-31)32-13-12-14-33(23-32)41-27-35(28-42(48-41)39-15-10-11-16-43(39)49)34-24-37(45(4,5)6)29-38(25-34)46(7,8)9/h11-30H,1-10H3;10-29,49H,1-9H3. The van der Waals surface area contributed by atoms with E-state index in [1.54, 1.807) is 13.2 Å². The first-order valence-corrected chi connectivity index (χ1v) is 34.8. The number of hydrogen-bond acceptors (Lipinski definition) is 6. The number of aromatic hydroxyl groups is 1. The first-order chi connectivity index (χ1) is 46.7. The molecule has 4 aromatic heterocycles. The van der Waals surface area contributed by atoms with Crippen molar-refractivity contribution in [2.24, 2.45) is 0 Å². The molecule has 0 saturated carbocycles. The molecule has 0 atom stereocenters. The van der Waals surface area contributed by atoms with Gasteiger partial charge in [0.05, 0.1) is 41.3 Å². The summed E-state index contributed by atoms with van der Waals surface area (Å²) in [6.45, 7) is 40.7. The number of rotatable bonds is 11. The maximum atomic E-state index is 10.9. The monoisotopic (exact) mass is 1300 g/mol. The van der Waals surface area contributed by atoms with E-state index in [4.69, 9.17) is 24.7 Å². The van der Waals surface area contributed by atoms with Gasteiger partial charge in [0.15, 0.2) is 0 Å². The molecule has 0 bridgehead atoms. The van der Waals surface area contributed by atoms with E-state index in [-0.39, 0.29) is 38.2 Å². The van der Waals surface area contributed by atoms with Crippen molar-refractivity contribution < 1.29 is 9.84 Å². The number of ether oxygens (including phenoxy) is 1. The summed E-state index contributed by atoms with van der Waals surface area (Å²) in [5.74, 6) is 1.01. The highest BCUT2D eigenvalue weighted by atomic mass is 16.5. The van der Waals surface area contributed by atoms with Crippen LogP contribution in [0.25, 0.3) is 112 Å². The van der Waals surface area contributed by atoms with Crippen LogP contribution in [0.3, 0.4) is 0 Å². The van der Waals surface area contributed by atoms with Crippen LogP contribution >= 0.6 is 0 Å². The highest BCUT2D eigenvalue weighted by molar-refractivity contribution is 5.84. The van der Waals surface area contributed by atoms with Crippen molar-refractivity contribution in [1.29, 1.82) is 0 Å². The molecule has 12 aromatic rings. The highest BCUT2D eigenvalue weighted by Gasteiger charge is 2.25. The Morgan fingerprint density at radius 2 is 0.556 bits per heavy atom. The van der Waals surface area contributed by atoms with Crippen LogP contribution in [0.5, 0.6) is 11.5 Å². The third kappa shape index (κ3) is 16.6. The van der Waals surface area contributed by atoms with E-state index in [0.29, 0.717) is 5.56 Å². The minimum absolute atomic E-state index is 0.00183. The number of benzene rings is 8. The van der Waals surface area contributed by atoms with Crippen molar-refractivity contribution in [3.63, 3.8) is 0 Å². The van der Waals surface area contributed by atoms with Crippen LogP contribution in [0.2, 0.25) is 0 Å². The lowest BCUT2D eigenvalue weighted by Gasteiger charge is -2.26. The molecule has 0 aliphatic heterocycles. The Bertz CT molecular complexity index is 4810. The van der Waals surface area contributed by atoms with Gasteiger partial charge in [-0.15, -0.1) is 0 Å². The topological polar surface area (TPSA) is 81.0 Å². The SMILES string of the molecule is CC(C)(C)c1ccc(-c2ccnc(-c3cccc(-c4cc(-c5cc(C(C)(C)C)cc(C(C)(C)C)c5)cc(-c5ccccc5O)n4)c3)c2)cc1.COc1ccccc1-c1cc(-c2cc(C(C)(C)C)cc(C(C)(C)C)c2)cc(-c2cccc(-c3cc(-c4ccc(C(C)(C)C)cc4)ccn3)c2)n1. The minimum Gasteiger partial charge on any atom is -0.507 e. The van der Waals surface area contributed by atoms with Crippen LogP contribution in [0.1, 0.15) is 158 Å². The summed E-state index contributed by atoms with van der Waals surface area (Å²) in [4.78, 5) is 20.0. The van der Waals surface area contributed by atoms with Crippen molar-refractivity contribution in [3.8, 4) is 124 Å². The summed E-state index contributed by atoms with van der Waals surface area (Å²) in [6.07, 6.45) is 3.79. The Balaban J connectivity index is 0.000000200. The molecular formula is C93H98N4O2. The van der Waals surface area contributed by atoms with Gasteiger partial charge in [-0.25, -0.2) is 9.97 Å². The molecule has 0 spiro atoms. The van der Waals surface area contributed by atoms with Gasteiger partial charge in [-0.2, -0.15) is 0 Å². The van der Waals surface area contributed by atoms with Crippen molar-refractivity contribution in [3.05, 3.63) is 276 Å². The van der Waals surface area contributed by atoms with Crippen molar-refractivity contribution in [1.82, 2.24) is 19.9 Å². The Morgan fingerprint density at radius 1 is 0.242 bits per heavy atom. The molecular weight excluding hydrogens is 1210 g/mol. The van der Waals surface area contributed by atoms with Crippen LogP contribution in [-0.2, 0) is 32.5 Å². The van der Waals surface area contributed by atoms with E-state index in [2.05, 4.69) is 313 Å². The van der Waals surface area contributed by atoms with E-state index < -0.39 is 0 Å². The molecule has 4 heterocycles. The molecule has 6 nitrogen and oxygen atoms in total. The van der Waals surface area contributed by atoms with Gasteiger partial charge in [-0.3, -0.25) is 9.97 Å². The molecule has 502 valence electrons. The lowest BCUT2D eigenvalue weighted by Crippen LogP contribution is -2.16. The fraction of sp³-hybridized carbons (Fsp3) is 0.269. The number of para-hydroxylation sites is 2. The smallest absolute Gasteiger partial charge is 0.128 e. The average molecular weight is 1300 g/mol. The number of aromatic nitrogens is 4. The maximum Gasteiger partial charge on any atom is 0.128 e. The van der Waals surface area contributed by atoms with Gasteiger partial charge >= 0.3 is 0 Å². The normalized spacial score (nSPS) is 12.2. The first-order valence-electron chi connectivity index (χ1n) is 34.8. The maximum absolute atomic E-state index is 10.9. The van der Waals surface area contributed by atoms with Crippen molar-refractivity contribution in [2.45, 2.75) is 157 Å². The third-order valence-corrected chi connectivity index (χ3v) is 18.8. The lowest BCUT2D eigenvalue weighted by atomic mass is 9.79. The van der Waals surface area contributed by atoms with Gasteiger partial charge in [0, 0.05) is 45.8 Å². The molecule has 0 saturated heterocycles. The summed E-state index contributed by atoms with van der Waals surface area (Å²) in [5, 5.41) is 10.9. The second kappa shape index (κ2) is 27.7. The molecule has 0 unspecified atom stereocenters. The number of hydrogen-bond donors (Lipinski definition) is 1. The van der Waals surface area contributed by atoms with Crippen LogP contribution < -0.4 is 4.74 Å². The van der Waals surface area contributed by atoms with E-state index >= 15 is 0 Å². The summed E-state index contributed by atoms with van der Waals surface area (Å²) >= 11 is 0. The van der Waals surface area contributed by atoms with Crippen LogP contribution in [0.15, 0.2) is 243 Å². The quantitative estimate of drug-likeness (QED) is 0.139. The first kappa shape index (κ1) is 70.3. The van der Waals surface area contributed by atoms with Crippen molar-refractivity contribution in [2.75, 3.05) is 7.11 Å². The predicted molar refractivity (Wildman–Crippen MR) is 419 cm³/mol. The second-order valence-corrected chi connectivity index (χ2v) is 32.7. The predicted octanol–water partition coefficient (Wildman–Crippen LogP) is 25.1. The Hall–Kier alpha value is -10.0. The van der Waals surface area contributed by atoms with Gasteiger partial charge in [0.1, 0.15) is 11.5 Å². The van der Waals surface area contributed by atoms with Gasteiger partial charge in [0.2, 0.25) is 0 Å². The molecule has 99 heavy (non-hydrogen) atoms. The molecule has 0 aliphatic rings. The van der Waals surface area contributed by atoms with Gasteiger partial charge in [-0.1, -0.05) is 270 Å². The van der Waals surface area contributed by atoms with Gasteiger partial charge < -0.3 is 9.84 Å². The fourth-order valence-corrected chi connectivity index (χ4v) is 12.4. The van der Waals surface area contributed by atoms with E-state index in [0.717, 1.165) is 95.5 Å². The molecule has 0 amide bonds. The Kier molecular flexibility index (Phi) is 19.7. The zero-order chi connectivity index (χ0) is 71.0. The van der Waals surface area contributed by atoms with Crippen LogP contribution in [0.4, 0.5) is 0 Å². The summed E-state index contributed by atoms with van der Waals surface area (Å²) in [5.41, 5.74) is 28.1. The molecule has 12 rings (SSSR count). The van der Waals surface area contributed by atoms with Gasteiger partial charge in [0.25, 0.3) is 0 Å². The van der Waals surface area contributed by atoms with Crippen LogP contribution in [0, 0.1) is 0 Å². The second-order valence-electron chi connectivity index (χ2n) is 32.7. The lowest BCUT2D eigenvalue weighted by molar-refractivity contribution is 0.416. The molecule has 1 N–H and O–H groups in total. The number of phenolic OH excluding ortho intramolecular Hbond substituents is 1. The van der Waals surface area contributed by atoms with Crippen molar-refractivity contribution >= 4 is 0 Å². The number of phenols is 1. The van der Waals surface area contributed by atoms with Gasteiger partial charge in [-0.05, 0) is 195 Å². The fourth-order valence-electron chi connectivity index (χ4n) is 12.4. The van der Waals surface area contributed by atoms with E-state index in [9.17, 15) is 5.11 Å². The molecule has 0 radical (unpaired) electrons. The summed E-state index contributed by atoms with van der Waals surface area (Å²) in [6, 6.07) is 81.6. The minimum atomic E-state index is -0.0170. The summed E-state index contributed by atoms with van der Waals surface area (Å²) < 4.78 is 5.82. The number of methoxy groups -OCH3 is 1. The molecule has 0 fully saturated rings. The number of pyridine rings is 4. The van der Waals surface area contributed by atoms with Crippen LogP contribution in [-0.4, -0.2) is 32.2 Å². The van der Waals surface area contributed by atoms with E-state index in [1.807, 2.05) is 48.8 Å². The zero-order valence-corrected chi connectivity index (χ0v) is 61.7. The molecule has 0 aliphatic carbocycles. The van der Waals surface area contributed by atoms with E-state index in [1.165, 1.54) is 50.1 Å².